The SMILES string of the molecule is CSCCN(C)S(=O)(=O)c1c(C)nn(CCN)c1C. The van der Waals surface area contributed by atoms with E-state index in [2.05, 4.69) is 5.10 Å². The standard InChI is InChI=1S/C11H22N4O2S2/c1-9-11(10(2)15(13-9)6-5-12)19(16,17)14(3)7-8-18-4/h5-8,12H2,1-4H3. The molecular formula is C11H22N4O2S2. The predicted molar refractivity (Wildman–Crippen MR) is 79.0 cm³/mol. The highest BCUT2D eigenvalue weighted by molar-refractivity contribution is 7.98. The summed E-state index contributed by atoms with van der Waals surface area (Å²) in [6, 6.07) is 0. The number of aryl methyl sites for hydroxylation is 1. The summed E-state index contributed by atoms with van der Waals surface area (Å²) in [7, 11) is -1.87. The van der Waals surface area contributed by atoms with E-state index in [4.69, 9.17) is 5.73 Å². The normalized spacial score (nSPS) is 12.3. The summed E-state index contributed by atoms with van der Waals surface area (Å²) in [6.07, 6.45) is 1.95. The smallest absolute Gasteiger partial charge is 0.246 e. The van der Waals surface area contributed by atoms with Crippen molar-refractivity contribution in [3.63, 3.8) is 0 Å². The van der Waals surface area contributed by atoms with Gasteiger partial charge >= 0.3 is 0 Å². The van der Waals surface area contributed by atoms with Crippen LogP contribution in [0.5, 0.6) is 0 Å². The molecule has 0 saturated heterocycles. The number of thioether (sulfide) groups is 1. The first kappa shape index (κ1) is 16.5. The summed E-state index contributed by atoms with van der Waals surface area (Å²) in [5.74, 6) is 0.769. The lowest BCUT2D eigenvalue weighted by Gasteiger charge is -2.16. The van der Waals surface area contributed by atoms with E-state index in [1.165, 1.54) is 4.31 Å². The van der Waals surface area contributed by atoms with Gasteiger partial charge in [0, 0.05) is 25.9 Å². The number of sulfonamides is 1. The molecule has 0 amide bonds. The van der Waals surface area contributed by atoms with Crippen molar-refractivity contribution in [2.45, 2.75) is 25.3 Å². The van der Waals surface area contributed by atoms with Gasteiger partial charge in [-0.1, -0.05) is 0 Å². The van der Waals surface area contributed by atoms with E-state index in [0.29, 0.717) is 35.9 Å². The molecule has 0 atom stereocenters. The fraction of sp³-hybridized carbons (Fsp3) is 0.727. The zero-order chi connectivity index (χ0) is 14.6. The van der Waals surface area contributed by atoms with Crippen molar-refractivity contribution in [1.82, 2.24) is 14.1 Å². The first-order chi connectivity index (χ1) is 8.86. The number of hydrogen-bond donors (Lipinski definition) is 1. The molecule has 19 heavy (non-hydrogen) atoms. The molecule has 0 aromatic carbocycles. The first-order valence-electron chi connectivity index (χ1n) is 6.05. The maximum Gasteiger partial charge on any atom is 0.246 e. The molecule has 110 valence electrons. The Bertz CT molecular complexity index is 525. The number of nitrogens with zero attached hydrogens (tertiary/aromatic N) is 3. The minimum Gasteiger partial charge on any atom is -0.329 e. The minimum absolute atomic E-state index is 0.310. The molecule has 0 aliphatic rings. The van der Waals surface area contributed by atoms with Crippen molar-refractivity contribution >= 4 is 21.8 Å². The van der Waals surface area contributed by atoms with Crippen LogP contribution in [0.1, 0.15) is 11.4 Å². The molecule has 1 aromatic rings. The summed E-state index contributed by atoms with van der Waals surface area (Å²) in [4.78, 5) is 0.310. The Morgan fingerprint density at radius 3 is 2.58 bits per heavy atom. The van der Waals surface area contributed by atoms with Gasteiger partial charge in [-0.05, 0) is 20.1 Å². The highest BCUT2D eigenvalue weighted by Crippen LogP contribution is 2.22. The molecule has 0 spiro atoms. The van der Waals surface area contributed by atoms with E-state index in [1.54, 1.807) is 37.3 Å². The van der Waals surface area contributed by atoms with E-state index in [-0.39, 0.29) is 0 Å². The first-order valence-corrected chi connectivity index (χ1v) is 8.89. The summed E-state index contributed by atoms with van der Waals surface area (Å²) in [5.41, 5.74) is 6.68. The van der Waals surface area contributed by atoms with Crippen LogP contribution in [0.4, 0.5) is 0 Å². The second kappa shape index (κ2) is 6.74. The van der Waals surface area contributed by atoms with Gasteiger partial charge in [0.05, 0.1) is 17.9 Å². The van der Waals surface area contributed by atoms with E-state index >= 15 is 0 Å². The minimum atomic E-state index is -3.47. The molecule has 1 aromatic heterocycles. The lowest BCUT2D eigenvalue weighted by molar-refractivity contribution is 0.487. The maximum atomic E-state index is 12.5. The molecule has 0 aliphatic carbocycles. The van der Waals surface area contributed by atoms with E-state index in [0.717, 1.165) is 5.75 Å². The van der Waals surface area contributed by atoms with Crippen LogP contribution in [0, 0.1) is 13.8 Å². The lowest BCUT2D eigenvalue weighted by atomic mass is 10.4. The van der Waals surface area contributed by atoms with Crippen LogP contribution in [0.3, 0.4) is 0 Å². The van der Waals surface area contributed by atoms with Gasteiger partial charge in [0.25, 0.3) is 0 Å². The maximum absolute atomic E-state index is 12.5. The third-order valence-corrected chi connectivity index (χ3v) is 5.64. The van der Waals surface area contributed by atoms with Gasteiger partial charge < -0.3 is 5.73 Å². The number of nitrogens with two attached hydrogens (primary N) is 1. The highest BCUT2D eigenvalue weighted by Gasteiger charge is 2.28. The molecule has 0 unspecified atom stereocenters. The number of rotatable bonds is 7. The molecule has 6 nitrogen and oxygen atoms in total. The Morgan fingerprint density at radius 1 is 1.42 bits per heavy atom. The van der Waals surface area contributed by atoms with E-state index in [9.17, 15) is 8.42 Å². The van der Waals surface area contributed by atoms with Crippen LogP contribution in [0.2, 0.25) is 0 Å². The van der Waals surface area contributed by atoms with Crippen molar-refractivity contribution in [1.29, 1.82) is 0 Å². The van der Waals surface area contributed by atoms with Gasteiger partial charge in [-0.2, -0.15) is 21.2 Å². The van der Waals surface area contributed by atoms with E-state index in [1.807, 2.05) is 6.26 Å². The molecule has 1 rings (SSSR count). The number of aromatic nitrogens is 2. The third kappa shape index (κ3) is 3.50. The molecule has 0 radical (unpaired) electrons. The Balaban J connectivity index is 3.14. The summed E-state index contributed by atoms with van der Waals surface area (Å²) >= 11 is 1.62. The Kier molecular flexibility index (Phi) is 5.84. The van der Waals surface area contributed by atoms with E-state index < -0.39 is 10.0 Å². The van der Waals surface area contributed by atoms with Crippen molar-refractivity contribution in [2.24, 2.45) is 5.73 Å². The predicted octanol–water partition coefficient (Wildman–Crippen LogP) is 0.442. The lowest BCUT2D eigenvalue weighted by Crippen LogP contribution is -2.30. The van der Waals surface area contributed by atoms with Crippen LogP contribution in [-0.2, 0) is 16.6 Å². The second-order valence-electron chi connectivity index (χ2n) is 4.33. The van der Waals surface area contributed by atoms with Crippen molar-refractivity contribution in [3.05, 3.63) is 11.4 Å². The zero-order valence-corrected chi connectivity index (χ0v) is 13.5. The Morgan fingerprint density at radius 2 is 2.05 bits per heavy atom. The molecule has 0 bridgehead atoms. The van der Waals surface area contributed by atoms with Crippen molar-refractivity contribution in [3.8, 4) is 0 Å². The molecule has 0 fully saturated rings. The second-order valence-corrected chi connectivity index (χ2v) is 7.30. The van der Waals surface area contributed by atoms with Gasteiger partial charge in [0.2, 0.25) is 10.0 Å². The van der Waals surface area contributed by atoms with Crippen LogP contribution in [0.15, 0.2) is 4.90 Å². The summed E-state index contributed by atoms with van der Waals surface area (Å²) in [6.45, 7) is 4.94. The number of hydrogen-bond acceptors (Lipinski definition) is 5. The monoisotopic (exact) mass is 306 g/mol. The van der Waals surface area contributed by atoms with Gasteiger partial charge in [-0.3, -0.25) is 4.68 Å². The van der Waals surface area contributed by atoms with Crippen LogP contribution < -0.4 is 5.73 Å². The fourth-order valence-electron chi connectivity index (χ4n) is 1.89. The fourth-order valence-corrected chi connectivity index (χ4v) is 4.00. The van der Waals surface area contributed by atoms with Gasteiger partial charge in [-0.15, -0.1) is 0 Å². The average Bonchev–Trinajstić information content (AvgIpc) is 2.62. The summed E-state index contributed by atoms with van der Waals surface area (Å²) in [5, 5.41) is 4.25. The van der Waals surface area contributed by atoms with Crippen molar-refractivity contribution in [2.75, 3.05) is 32.1 Å². The Hall–Kier alpha value is -0.570. The highest BCUT2D eigenvalue weighted by atomic mass is 32.2. The van der Waals surface area contributed by atoms with Crippen LogP contribution >= 0.6 is 11.8 Å². The quantitative estimate of drug-likeness (QED) is 0.790. The van der Waals surface area contributed by atoms with Gasteiger partial charge in [0.1, 0.15) is 4.90 Å². The van der Waals surface area contributed by atoms with Gasteiger partial charge in [0.15, 0.2) is 0 Å². The molecule has 8 heteroatoms. The largest absolute Gasteiger partial charge is 0.329 e. The third-order valence-electron chi connectivity index (χ3n) is 2.93. The molecule has 0 aliphatic heterocycles. The average molecular weight is 306 g/mol. The summed E-state index contributed by atoms with van der Waals surface area (Å²) < 4.78 is 28.1. The zero-order valence-electron chi connectivity index (χ0n) is 11.9. The molecular weight excluding hydrogens is 284 g/mol. The van der Waals surface area contributed by atoms with Gasteiger partial charge in [-0.25, -0.2) is 8.42 Å². The topological polar surface area (TPSA) is 81.2 Å². The molecule has 1 heterocycles. The molecule has 2 N–H and O–H groups in total. The Labute approximate surface area is 119 Å². The van der Waals surface area contributed by atoms with Crippen LogP contribution in [-0.4, -0.2) is 54.6 Å². The molecule has 0 saturated carbocycles. The van der Waals surface area contributed by atoms with Crippen molar-refractivity contribution < 1.29 is 8.42 Å². The van der Waals surface area contributed by atoms with Crippen LogP contribution in [0.25, 0.3) is 0 Å².